The van der Waals surface area contributed by atoms with Gasteiger partial charge in [0.1, 0.15) is 0 Å². The van der Waals surface area contributed by atoms with Crippen molar-refractivity contribution >= 4 is 17.1 Å². The second kappa shape index (κ2) is 7.63. The monoisotopic (exact) mass is 357 g/mol. The number of fused-ring (bicyclic) bond motifs is 1. The number of rotatable bonds is 3. The molecule has 3 N–H and O–H groups in total. The van der Waals surface area contributed by atoms with Crippen molar-refractivity contribution < 1.29 is 9.90 Å². The largest absolute Gasteiger partial charge is 0.392 e. The molecule has 2 aliphatic rings. The van der Waals surface area contributed by atoms with Gasteiger partial charge >= 0.3 is 6.03 Å². The fraction of sp³-hybridized carbons (Fsp3) is 0.579. The van der Waals surface area contributed by atoms with Crippen LogP contribution in [0.25, 0.3) is 11.0 Å². The molecule has 1 unspecified atom stereocenters. The minimum Gasteiger partial charge on any atom is -0.392 e. The molecule has 2 fully saturated rings. The Hall–Kier alpha value is -2.12. The number of piperidine rings is 2. The van der Waals surface area contributed by atoms with Crippen molar-refractivity contribution in [1.82, 2.24) is 25.1 Å². The van der Waals surface area contributed by atoms with E-state index in [1.807, 2.05) is 23.1 Å². The molecule has 2 aliphatic heterocycles. The van der Waals surface area contributed by atoms with Crippen LogP contribution < -0.4 is 5.32 Å². The Morgan fingerprint density at radius 2 is 2.12 bits per heavy atom. The zero-order valence-electron chi connectivity index (χ0n) is 15.0. The number of nitrogens with zero attached hydrogens (tertiary/aromatic N) is 3. The highest BCUT2D eigenvalue weighted by Gasteiger charge is 2.29. The van der Waals surface area contributed by atoms with Gasteiger partial charge in [-0.2, -0.15) is 0 Å². The third-order valence-corrected chi connectivity index (χ3v) is 5.62. The van der Waals surface area contributed by atoms with E-state index in [0.717, 1.165) is 68.5 Å². The smallest absolute Gasteiger partial charge is 0.317 e. The summed E-state index contributed by atoms with van der Waals surface area (Å²) in [6, 6.07) is 6.49. The van der Waals surface area contributed by atoms with Crippen molar-refractivity contribution in [3.05, 3.63) is 30.1 Å². The van der Waals surface area contributed by atoms with Crippen molar-refractivity contribution in [2.24, 2.45) is 0 Å². The van der Waals surface area contributed by atoms with Gasteiger partial charge in [0.15, 0.2) is 0 Å². The van der Waals surface area contributed by atoms with E-state index in [9.17, 15) is 9.90 Å². The SMILES string of the molecule is O=C(NCc1ccc2nc[nH]c2c1)N1CCC(N2CCCC(O)C2)CC1. The number of aliphatic hydroxyl groups excluding tert-OH is 1. The topological polar surface area (TPSA) is 84.5 Å². The minimum absolute atomic E-state index is 0.00633. The molecule has 0 aliphatic carbocycles. The highest BCUT2D eigenvalue weighted by molar-refractivity contribution is 5.76. The number of aromatic amines is 1. The summed E-state index contributed by atoms with van der Waals surface area (Å²) in [5, 5.41) is 12.9. The number of carbonyl (C=O) groups excluding carboxylic acids is 1. The zero-order chi connectivity index (χ0) is 17.9. The maximum absolute atomic E-state index is 12.5. The van der Waals surface area contributed by atoms with Crippen LogP contribution in [0.2, 0.25) is 0 Å². The van der Waals surface area contributed by atoms with Gasteiger partial charge in [-0.05, 0) is 49.9 Å². The Morgan fingerprint density at radius 1 is 1.27 bits per heavy atom. The van der Waals surface area contributed by atoms with E-state index in [0.29, 0.717) is 12.6 Å². The van der Waals surface area contributed by atoms with Crippen LogP contribution in [-0.4, -0.2) is 69.2 Å². The summed E-state index contributed by atoms with van der Waals surface area (Å²) >= 11 is 0. The van der Waals surface area contributed by atoms with Crippen LogP contribution in [0.5, 0.6) is 0 Å². The number of benzene rings is 1. The normalized spacial score (nSPS) is 22.7. The fourth-order valence-electron chi connectivity index (χ4n) is 4.13. The van der Waals surface area contributed by atoms with Crippen LogP contribution in [0, 0.1) is 0 Å². The summed E-state index contributed by atoms with van der Waals surface area (Å²) in [7, 11) is 0. The minimum atomic E-state index is -0.183. The molecule has 1 aromatic carbocycles. The summed E-state index contributed by atoms with van der Waals surface area (Å²) in [5.41, 5.74) is 2.98. The molecule has 140 valence electrons. The van der Waals surface area contributed by atoms with Crippen molar-refractivity contribution in [1.29, 1.82) is 0 Å². The molecule has 7 nitrogen and oxygen atoms in total. The lowest BCUT2D eigenvalue weighted by atomic mass is 9.99. The molecule has 26 heavy (non-hydrogen) atoms. The van der Waals surface area contributed by atoms with Gasteiger partial charge in [0.25, 0.3) is 0 Å². The summed E-state index contributed by atoms with van der Waals surface area (Å²) < 4.78 is 0. The van der Waals surface area contributed by atoms with E-state index in [2.05, 4.69) is 20.2 Å². The quantitative estimate of drug-likeness (QED) is 0.781. The molecule has 4 rings (SSSR count). The van der Waals surface area contributed by atoms with Crippen LogP contribution >= 0.6 is 0 Å². The Kier molecular flexibility index (Phi) is 5.08. The van der Waals surface area contributed by atoms with Crippen molar-refractivity contribution in [3.8, 4) is 0 Å². The summed E-state index contributed by atoms with van der Waals surface area (Å²) in [5.74, 6) is 0. The molecule has 0 spiro atoms. The number of nitrogens with one attached hydrogen (secondary N) is 2. The molecule has 0 saturated carbocycles. The highest BCUT2D eigenvalue weighted by Crippen LogP contribution is 2.21. The molecule has 1 aromatic heterocycles. The lowest BCUT2D eigenvalue weighted by molar-refractivity contribution is 0.0291. The Labute approximate surface area is 153 Å². The Bertz CT molecular complexity index is 753. The van der Waals surface area contributed by atoms with Crippen molar-refractivity contribution in [3.63, 3.8) is 0 Å². The van der Waals surface area contributed by atoms with Crippen molar-refractivity contribution in [2.75, 3.05) is 26.2 Å². The predicted octanol–water partition coefficient (Wildman–Crippen LogP) is 1.69. The van der Waals surface area contributed by atoms with E-state index in [1.54, 1.807) is 6.33 Å². The van der Waals surface area contributed by atoms with Gasteiger partial charge in [-0.3, -0.25) is 4.90 Å². The molecule has 7 heteroatoms. The van der Waals surface area contributed by atoms with Gasteiger partial charge in [-0.25, -0.2) is 9.78 Å². The number of hydrogen-bond donors (Lipinski definition) is 3. The first-order valence-corrected chi connectivity index (χ1v) is 9.56. The lowest BCUT2D eigenvalue weighted by Gasteiger charge is -2.41. The van der Waals surface area contributed by atoms with E-state index < -0.39 is 0 Å². The number of imidazole rings is 1. The third kappa shape index (κ3) is 3.83. The maximum Gasteiger partial charge on any atom is 0.317 e. The van der Waals surface area contributed by atoms with E-state index in [4.69, 9.17) is 0 Å². The van der Waals surface area contributed by atoms with Gasteiger partial charge in [0, 0.05) is 32.2 Å². The summed E-state index contributed by atoms with van der Waals surface area (Å²) in [6.07, 6.45) is 5.46. The van der Waals surface area contributed by atoms with Crippen LogP contribution in [0.1, 0.15) is 31.2 Å². The highest BCUT2D eigenvalue weighted by atomic mass is 16.3. The van der Waals surface area contributed by atoms with Crippen molar-refractivity contribution in [2.45, 2.75) is 44.4 Å². The van der Waals surface area contributed by atoms with Gasteiger partial charge in [-0.1, -0.05) is 6.07 Å². The van der Waals surface area contributed by atoms with E-state index in [1.165, 1.54) is 0 Å². The molecular weight excluding hydrogens is 330 g/mol. The van der Waals surface area contributed by atoms with Crippen LogP contribution in [0.4, 0.5) is 4.79 Å². The third-order valence-electron chi connectivity index (χ3n) is 5.62. The van der Waals surface area contributed by atoms with Gasteiger partial charge in [-0.15, -0.1) is 0 Å². The van der Waals surface area contributed by atoms with Crippen LogP contribution in [-0.2, 0) is 6.54 Å². The molecule has 0 bridgehead atoms. The molecule has 2 saturated heterocycles. The molecule has 2 aromatic rings. The Morgan fingerprint density at radius 3 is 2.92 bits per heavy atom. The fourth-order valence-corrected chi connectivity index (χ4v) is 4.13. The molecule has 3 heterocycles. The Balaban J connectivity index is 1.25. The zero-order valence-corrected chi connectivity index (χ0v) is 15.0. The second-order valence-corrected chi connectivity index (χ2v) is 7.42. The van der Waals surface area contributed by atoms with Gasteiger partial charge in [0.2, 0.25) is 0 Å². The molecule has 1 atom stereocenters. The number of aromatic nitrogens is 2. The first-order valence-electron chi connectivity index (χ1n) is 9.56. The average molecular weight is 357 g/mol. The number of carbonyl (C=O) groups is 1. The van der Waals surface area contributed by atoms with E-state index in [-0.39, 0.29) is 12.1 Å². The average Bonchev–Trinajstić information content (AvgIpc) is 3.14. The number of hydrogen-bond acceptors (Lipinski definition) is 4. The number of amides is 2. The molecule has 0 radical (unpaired) electrons. The van der Waals surface area contributed by atoms with Gasteiger partial charge < -0.3 is 20.3 Å². The molecular formula is C19H27N5O2. The number of β-amino-alcohol motifs (C(OH)–C–C–N with tert-alkyl or cyclic N) is 1. The van der Waals surface area contributed by atoms with Crippen LogP contribution in [0.15, 0.2) is 24.5 Å². The predicted molar refractivity (Wildman–Crippen MR) is 99.7 cm³/mol. The number of likely N-dealkylation sites (tertiary alicyclic amines) is 2. The lowest BCUT2D eigenvalue weighted by Crippen LogP contribution is -2.52. The second-order valence-electron chi connectivity index (χ2n) is 7.42. The first kappa shape index (κ1) is 17.3. The first-order chi connectivity index (χ1) is 12.7. The molecule has 2 amide bonds. The summed E-state index contributed by atoms with van der Waals surface area (Å²) in [4.78, 5) is 24.1. The van der Waals surface area contributed by atoms with Gasteiger partial charge in [0.05, 0.1) is 23.5 Å². The number of urea groups is 1. The number of aliphatic hydroxyl groups is 1. The summed E-state index contributed by atoms with van der Waals surface area (Å²) in [6.45, 7) is 3.94. The number of H-pyrrole nitrogens is 1. The van der Waals surface area contributed by atoms with Crippen LogP contribution in [0.3, 0.4) is 0 Å². The standard InChI is InChI=1S/C19H27N5O2/c25-16-2-1-7-24(12-16)15-5-8-23(9-6-15)19(26)20-11-14-3-4-17-18(10-14)22-13-21-17/h3-4,10,13,15-16,25H,1-2,5-9,11-12H2,(H,20,26)(H,21,22). The van der Waals surface area contributed by atoms with E-state index >= 15 is 0 Å². The maximum atomic E-state index is 12.5.